The number of amides is 4. The van der Waals surface area contributed by atoms with Gasteiger partial charge in [-0.05, 0) is 42.4 Å². The van der Waals surface area contributed by atoms with Crippen LogP contribution in [0, 0.1) is 5.92 Å². The average Bonchev–Trinajstić information content (AvgIpc) is 3.57. The van der Waals surface area contributed by atoms with Gasteiger partial charge in [-0.1, -0.05) is 80.6 Å². The quantitative estimate of drug-likeness (QED) is 0.114. The van der Waals surface area contributed by atoms with Crippen molar-refractivity contribution in [1.29, 1.82) is 0 Å². The fraction of sp³-hybridized carbons (Fsp3) is 0.395. The standard InChI is InChI=1S/C38H48N6O6S/c1-26(2)35(43-37(47)44(3)22-31-25-51-34(40-31)24-49-4)36(46)41-30(18-27-12-7-5-8-13-27)20-33(45)32(19-28-14-9-6-10-15-28)42-38(48)50-23-29-16-11-17-39-21-29/h5-17,21,25-26,30,32-33,35,45H,18-20,22-24H2,1-4H3,(H,41,46)(H,42,48)(H,43,47)/t30-,32-,33-,35-/m0/s1. The number of nitrogens with zero attached hydrogens (tertiary/aromatic N) is 3. The number of methoxy groups -OCH3 is 1. The lowest BCUT2D eigenvalue weighted by atomic mass is 9.93. The summed E-state index contributed by atoms with van der Waals surface area (Å²) < 4.78 is 10.6. The molecule has 272 valence electrons. The summed E-state index contributed by atoms with van der Waals surface area (Å²) in [5.74, 6) is -0.612. The molecule has 2 heterocycles. The summed E-state index contributed by atoms with van der Waals surface area (Å²) in [7, 11) is 3.25. The van der Waals surface area contributed by atoms with E-state index in [1.807, 2.05) is 79.9 Å². The van der Waals surface area contributed by atoms with E-state index >= 15 is 0 Å². The minimum Gasteiger partial charge on any atom is -0.445 e. The molecule has 2 aromatic heterocycles. The number of benzene rings is 2. The van der Waals surface area contributed by atoms with Crippen molar-refractivity contribution in [3.05, 3.63) is 118 Å². The average molecular weight is 717 g/mol. The number of aromatic nitrogens is 2. The van der Waals surface area contributed by atoms with Gasteiger partial charge in [0.25, 0.3) is 0 Å². The number of carbonyl (C=O) groups excluding carboxylic acids is 3. The molecule has 2 aromatic carbocycles. The highest BCUT2D eigenvalue weighted by Gasteiger charge is 2.31. The van der Waals surface area contributed by atoms with Crippen LogP contribution in [0.15, 0.2) is 90.6 Å². The first-order valence-corrected chi connectivity index (χ1v) is 17.8. The van der Waals surface area contributed by atoms with E-state index in [9.17, 15) is 19.5 Å². The van der Waals surface area contributed by atoms with Gasteiger partial charge in [0.1, 0.15) is 17.7 Å². The predicted molar refractivity (Wildman–Crippen MR) is 196 cm³/mol. The van der Waals surface area contributed by atoms with E-state index in [0.717, 1.165) is 27.4 Å². The highest BCUT2D eigenvalue weighted by atomic mass is 32.1. The van der Waals surface area contributed by atoms with Crippen molar-refractivity contribution >= 4 is 29.4 Å². The molecule has 0 aliphatic carbocycles. The summed E-state index contributed by atoms with van der Waals surface area (Å²) in [5, 5.41) is 23.2. The van der Waals surface area contributed by atoms with E-state index in [0.29, 0.717) is 19.4 Å². The van der Waals surface area contributed by atoms with Gasteiger partial charge in [0.05, 0.1) is 31.0 Å². The Kier molecular flexibility index (Phi) is 15.4. The SMILES string of the molecule is COCc1nc(CN(C)C(=O)N[C@H](C(=O)N[C@@H](Cc2ccccc2)C[C@H](O)[C@H](Cc2ccccc2)NC(=O)OCc2cccnc2)C(C)C)cs1. The third-order valence-electron chi connectivity index (χ3n) is 8.20. The molecule has 4 aromatic rings. The Morgan fingerprint density at radius 1 is 0.882 bits per heavy atom. The first kappa shape index (κ1) is 38.9. The Labute approximate surface area is 303 Å². The molecule has 0 radical (unpaired) electrons. The minimum absolute atomic E-state index is 0.0244. The number of aliphatic hydroxyl groups is 1. The maximum atomic E-state index is 13.9. The van der Waals surface area contributed by atoms with Crippen LogP contribution in [0.4, 0.5) is 9.59 Å². The summed E-state index contributed by atoms with van der Waals surface area (Å²) in [5.41, 5.74) is 3.33. The number of urea groups is 1. The van der Waals surface area contributed by atoms with Gasteiger partial charge < -0.3 is 35.4 Å². The molecule has 0 aliphatic heterocycles. The summed E-state index contributed by atoms with van der Waals surface area (Å²) >= 11 is 1.46. The number of rotatable bonds is 18. The van der Waals surface area contributed by atoms with Crippen LogP contribution >= 0.6 is 11.3 Å². The normalized spacial score (nSPS) is 13.5. The van der Waals surface area contributed by atoms with Crippen LogP contribution in [-0.2, 0) is 46.9 Å². The van der Waals surface area contributed by atoms with Gasteiger partial charge in [-0.3, -0.25) is 9.78 Å². The number of carbonyl (C=O) groups is 3. The van der Waals surface area contributed by atoms with Gasteiger partial charge in [0.15, 0.2) is 0 Å². The zero-order chi connectivity index (χ0) is 36.6. The number of nitrogens with one attached hydrogen (secondary N) is 3. The molecule has 4 amide bonds. The first-order valence-electron chi connectivity index (χ1n) is 16.9. The zero-order valence-electron chi connectivity index (χ0n) is 29.5. The molecule has 0 bridgehead atoms. The smallest absolute Gasteiger partial charge is 0.407 e. The minimum atomic E-state index is -1.07. The summed E-state index contributed by atoms with van der Waals surface area (Å²) in [6, 6.07) is 20.2. The number of hydrogen-bond acceptors (Lipinski definition) is 9. The topological polar surface area (TPSA) is 155 Å². The third kappa shape index (κ3) is 13.1. The second kappa shape index (κ2) is 20.1. The van der Waals surface area contributed by atoms with Gasteiger partial charge >= 0.3 is 12.1 Å². The van der Waals surface area contributed by atoms with Crippen LogP contribution in [0.5, 0.6) is 0 Å². The van der Waals surface area contributed by atoms with Crippen LogP contribution in [0.2, 0.25) is 0 Å². The summed E-state index contributed by atoms with van der Waals surface area (Å²) in [6.07, 6.45) is 2.38. The highest BCUT2D eigenvalue weighted by Crippen LogP contribution is 2.16. The van der Waals surface area contributed by atoms with Gasteiger partial charge in [-0.15, -0.1) is 11.3 Å². The fourth-order valence-electron chi connectivity index (χ4n) is 5.52. The number of thiazole rings is 1. The molecular weight excluding hydrogens is 669 g/mol. The summed E-state index contributed by atoms with van der Waals surface area (Å²) in [4.78, 5) is 50.1. The molecule has 13 heteroatoms. The molecule has 0 spiro atoms. The van der Waals surface area contributed by atoms with Gasteiger partial charge in [0, 0.05) is 43.5 Å². The van der Waals surface area contributed by atoms with Crippen molar-refractivity contribution in [2.24, 2.45) is 5.92 Å². The third-order valence-corrected chi connectivity index (χ3v) is 9.07. The summed E-state index contributed by atoms with van der Waals surface area (Å²) in [6.45, 7) is 4.41. The lowest BCUT2D eigenvalue weighted by molar-refractivity contribution is -0.124. The maximum Gasteiger partial charge on any atom is 0.407 e. The van der Waals surface area contributed by atoms with Crippen LogP contribution in [0.25, 0.3) is 0 Å². The molecule has 4 rings (SSSR count). The van der Waals surface area contributed by atoms with Crippen molar-refractivity contribution in [1.82, 2.24) is 30.8 Å². The van der Waals surface area contributed by atoms with Crippen LogP contribution in [-0.4, -0.2) is 76.4 Å². The van der Waals surface area contributed by atoms with Crippen molar-refractivity contribution < 1.29 is 29.0 Å². The van der Waals surface area contributed by atoms with Crippen molar-refractivity contribution in [2.75, 3.05) is 14.2 Å². The molecule has 0 saturated heterocycles. The second-order valence-electron chi connectivity index (χ2n) is 12.8. The molecule has 0 aliphatic rings. The van der Waals surface area contributed by atoms with E-state index in [1.165, 1.54) is 16.2 Å². The van der Waals surface area contributed by atoms with Crippen molar-refractivity contribution in [2.45, 2.75) is 77.1 Å². The Morgan fingerprint density at radius 2 is 1.55 bits per heavy atom. The highest BCUT2D eigenvalue weighted by molar-refractivity contribution is 7.09. The van der Waals surface area contributed by atoms with Crippen molar-refractivity contribution in [3.63, 3.8) is 0 Å². The second-order valence-corrected chi connectivity index (χ2v) is 13.7. The fourth-order valence-corrected chi connectivity index (χ4v) is 6.27. The molecule has 0 fully saturated rings. The van der Waals surface area contributed by atoms with Gasteiger partial charge in [-0.25, -0.2) is 14.6 Å². The van der Waals surface area contributed by atoms with Crippen molar-refractivity contribution in [3.8, 4) is 0 Å². The maximum absolute atomic E-state index is 13.9. The van der Waals surface area contributed by atoms with Gasteiger partial charge in [-0.2, -0.15) is 0 Å². The van der Waals surface area contributed by atoms with E-state index in [4.69, 9.17) is 9.47 Å². The number of hydrogen-bond donors (Lipinski definition) is 4. The monoisotopic (exact) mass is 716 g/mol. The van der Waals surface area contributed by atoms with Crippen LogP contribution in [0.1, 0.15) is 47.7 Å². The molecule has 12 nitrogen and oxygen atoms in total. The predicted octanol–water partition coefficient (Wildman–Crippen LogP) is 4.87. The molecule has 0 unspecified atom stereocenters. The van der Waals surface area contributed by atoms with E-state index < -0.39 is 36.4 Å². The van der Waals surface area contributed by atoms with Crippen LogP contribution in [0.3, 0.4) is 0 Å². The molecule has 51 heavy (non-hydrogen) atoms. The lowest BCUT2D eigenvalue weighted by Gasteiger charge is -2.30. The van der Waals surface area contributed by atoms with Crippen LogP contribution < -0.4 is 16.0 Å². The van der Waals surface area contributed by atoms with Gasteiger partial charge in [0.2, 0.25) is 5.91 Å². The van der Waals surface area contributed by atoms with E-state index in [1.54, 1.807) is 38.7 Å². The Balaban J connectivity index is 1.46. The number of pyridine rings is 1. The lowest BCUT2D eigenvalue weighted by Crippen LogP contribution is -2.55. The Hall–Kier alpha value is -4.85. The molecule has 4 atom stereocenters. The Morgan fingerprint density at radius 3 is 2.18 bits per heavy atom. The molecular formula is C38H48N6O6S. The van der Waals surface area contributed by atoms with E-state index in [2.05, 4.69) is 25.9 Å². The number of aliphatic hydroxyl groups excluding tert-OH is 1. The molecule has 4 N–H and O–H groups in total. The number of ether oxygens (including phenoxy) is 2. The first-order chi connectivity index (χ1) is 24.6. The Bertz CT molecular complexity index is 1640. The largest absolute Gasteiger partial charge is 0.445 e. The van der Waals surface area contributed by atoms with E-state index in [-0.39, 0.29) is 31.4 Å². The molecule has 0 saturated carbocycles. The zero-order valence-corrected chi connectivity index (χ0v) is 30.3. The number of alkyl carbamates (subject to hydrolysis) is 1.